The zero-order valence-corrected chi connectivity index (χ0v) is 13.1. The third-order valence-corrected chi connectivity index (χ3v) is 3.36. The molecule has 0 fully saturated rings. The average molecular weight is 322 g/mol. The number of hydrogen-bond acceptors (Lipinski definition) is 4. The lowest BCUT2D eigenvalue weighted by Crippen LogP contribution is -2.05. The first kappa shape index (κ1) is 16.1. The summed E-state index contributed by atoms with van der Waals surface area (Å²) < 4.78 is 11.1. The van der Waals surface area contributed by atoms with Crippen LogP contribution in [-0.4, -0.2) is 11.5 Å². The number of nitro groups is 1. The first-order valence-corrected chi connectivity index (χ1v) is 7.18. The summed E-state index contributed by atoms with van der Waals surface area (Å²) in [6.07, 6.45) is 0. The topological polar surface area (TPSA) is 61.6 Å². The highest BCUT2D eigenvalue weighted by Gasteiger charge is 2.19. The van der Waals surface area contributed by atoms with Crippen molar-refractivity contribution in [3.05, 3.63) is 62.7 Å². The van der Waals surface area contributed by atoms with Crippen LogP contribution in [0.4, 0.5) is 5.69 Å². The summed E-state index contributed by atoms with van der Waals surface area (Å²) in [7, 11) is 0. The molecular weight excluding hydrogens is 306 g/mol. The van der Waals surface area contributed by atoms with Crippen LogP contribution in [0.15, 0.2) is 36.4 Å². The van der Waals surface area contributed by atoms with Gasteiger partial charge in [-0.05, 0) is 37.6 Å². The lowest BCUT2D eigenvalue weighted by Gasteiger charge is -2.12. The molecule has 0 N–H and O–H groups in total. The van der Waals surface area contributed by atoms with Crippen LogP contribution >= 0.6 is 11.6 Å². The van der Waals surface area contributed by atoms with Crippen molar-refractivity contribution >= 4 is 17.3 Å². The smallest absolute Gasteiger partial charge is 0.279 e. The molecule has 2 aromatic carbocycles. The molecule has 0 unspecified atom stereocenters. The fourth-order valence-electron chi connectivity index (χ4n) is 2.03. The van der Waals surface area contributed by atoms with Gasteiger partial charge in [0, 0.05) is 6.07 Å². The Hall–Kier alpha value is -2.27. The minimum absolute atomic E-state index is 0.00919. The summed E-state index contributed by atoms with van der Waals surface area (Å²) in [4.78, 5) is 10.7. The molecule has 0 aliphatic heterocycles. The van der Waals surface area contributed by atoms with Crippen molar-refractivity contribution in [2.75, 3.05) is 6.61 Å². The predicted octanol–water partition coefficient (Wildman–Crippen LogP) is 4.53. The van der Waals surface area contributed by atoms with Crippen LogP contribution in [0.5, 0.6) is 11.5 Å². The fraction of sp³-hybridized carbons (Fsp3) is 0.250. The second-order valence-electron chi connectivity index (χ2n) is 4.67. The maximum absolute atomic E-state index is 11.2. The van der Waals surface area contributed by atoms with Crippen LogP contribution < -0.4 is 9.47 Å². The highest BCUT2D eigenvalue weighted by atomic mass is 35.5. The van der Waals surface area contributed by atoms with Gasteiger partial charge in [0.1, 0.15) is 23.7 Å². The Balaban J connectivity index is 2.29. The van der Waals surface area contributed by atoms with E-state index in [1.54, 1.807) is 24.3 Å². The van der Waals surface area contributed by atoms with Crippen molar-refractivity contribution in [2.45, 2.75) is 20.5 Å². The molecule has 0 saturated heterocycles. The lowest BCUT2D eigenvalue weighted by atomic mass is 10.1. The zero-order chi connectivity index (χ0) is 16.1. The summed E-state index contributed by atoms with van der Waals surface area (Å²) >= 11 is 6.11. The van der Waals surface area contributed by atoms with E-state index >= 15 is 0 Å². The summed E-state index contributed by atoms with van der Waals surface area (Å²) in [6, 6.07) is 10.1. The molecule has 0 amide bonds. The minimum atomic E-state index is -0.446. The Bertz CT molecular complexity index is 688. The van der Waals surface area contributed by atoms with Gasteiger partial charge in [0.15, 0.2) is 0 Å². The molecular formula is C16H16ClNO4. The first-order valence-electron chi connectivity index (χ1n) is 6.81. The normalized spacial score (nSPS) is 10.3. The molecule has 0 saturated carbocycles. The third-order valence-electron chi connectivity index (χ3n) is 3.06. The number of rotatable bonds is 6. The Morgan fingerprint density at radius 3 is 2.59 bits per heavy atom. The molecule has 0 atom stereocenters. The number of aryl methyl sites for hydroxylation is 1. The van der Waals surface area contributed by atoms with Gasteiger partial charge in [-0.1, -0.05) is 23.7 Å². The monoisotopic (exact) mass is 321 g/mol. The predicted molar refractivity (Wildman–Crippen MR) is 84.8 cm³/mol. The number of ether oxygens (including phenoxy) is 2. The van der Waals surface area contributed by atoms with Crippen molar-refractivity contribution in [3.8, 4) is 11.5 Å². The standard InChI is InChI=1S/C16H16ClNO4/c1-3-21-15-6-4-5-14(18(19)20)12(15)10-22-16-8-7-11(2)9-13(16)17/h4-9H,3,10H2,1-2H3. The molecule has 6 heteroatoms. The average Bonchev–Trinajstić information content (AvgIpc) is 2.47. The molecule has 2 aromatic rings. The van der Waals surface area contributed by atoms with Crippen LogP contribution in [0.1, 0.15) is 18.1 Å². The minimum Gasteiger partial charge on any atom is -0.493 e. The zero-order valence-electron chi connectivity index (χ0n) is 12.3. The van der Waals surface area contributed by atoms with E-state index in [1.165, 1.54) is 6.07 Å². The van der Waals surface area contributed by atoms with Gasteiger partial charge < -0.3 is 9.47 Å². The van der Waals surface area contributed by atoms with Gasteiger partial charge in [0.2, 0.25) is 0 Å². The molecule has 0 aromatic heterocycles. The lowest BCUT2D eigenvalue weighted by molar-refractivity contribution is -0.385. The van der Waals surface area contributed by atoms with E-state index in [2.05, 4.69) is 0 Å². The third kappa shape index (κ3) is 3.68. The summed E-state index contributed by atoms with van der Waals surface area (Å²) in [5.41, 5.74) is 1.37. The number of hydrogen-bond donors (Lipinski definition) is 0. The summed E-state index contributed by atoms with van der Waals surface area (Å²) in [5.74, 6) is 0.924. The molecule has 0 heterocycles. The number of nitro benzene ring substituents is 1. The number of benzene rings is 2. The Morgan fingerprint density at radius 2 is 1.95 bits per heavy atom. The van der Waals surface area contributed by atoms with Gasteiger partial charge in [-0.15, -0.1) is 0 Å². The molecule has 0 aliphatic rings. The van der Waals surface area contributed by atoms with Crippen molar-refractivity contribution in [2.24, 2.45) is 0 Å². The molecule has 5 nitrogen and oxygen atoms in total. The largest absolute Gasteiger partial charge is 0.493 e. The van der Waals surface area contributed by atoms with E-state index in [-0.39, 0.29) is 12.3 Å². The molecule has 0 spiro atoms. The number of halogens is 1. The maximum atomic E-state index is 11.2. The first-order chi connectivity index (χ1) is 10.5. The molecule has 116 valence electrons. The second-order valence-corrected chi connectivity index (χ2v) is 5.07. The van der Waals surface area contributed by atoms with E-state index < -0.39 is 4.92 Å². The van der Waals surface area contributed by atoms with Crippen LogP contribution in [0.2, 0.25) is 5.02 Å². The van der Waals surface area contributed by atoms with Gasteiger partial charge in [0.25, 0.3) is 5.69 Å². The molecule has 0 aliphatic carbocycles. The number of nitrogens with zero attached hydrogens (tertiary/aromatic N) is 1. The maximum Gasteiger partial charge on any atom is 0.279 e. The second kappa shape index (κ2) is 7.13. The van der Waals surface area contributed by atoms with Gasteiger partial charge in [-0.3, -0.25) is 10.1 Å². The van der Waals surface area contributed by atoms with E-state index in [9.17, 15) is 10.1 Å². The van der Waals surface area contributed by atoms with E-state index in [0.717, 1.165) is 5.56 Å². The van der Waals surface area contributed by atoms with Crippen molar-refractivity contribution in [1.29, 1.82) is 0 Å². The van der Waals surface area contributed by atoms with Gasteiger partial charge in [0.05, 0.1) is 16.6 Å². The highest BCUT2D eigenvalue weighted by molar-refractivity contribution is 6.32. The Kier molecular flexibility index (Phi) is 5.22. The van der Waals surface area contributed by atoms with Crippen LogP contribution in [0.25, 0.3) is 0 Å². The van der Waals surface area contributed by atoms with Gasteiger partial charge in [-0.2, -0.15) is 0 Å². The summed E-state index contributed by atoms with van der Waals surface area (Å²) in [5, 5.41) is 11.6. The molecule has 0 bridgehead atoms. The van der Waals surface area contributed by atoms with Crippen LogP contribution in [-0.2, 0) is 6.61 Å². The van der Waals surface area contributed by atoms with E-state index in [4.69, 9.17) is 21.1 Å². The summed E-state index contributed by atoms with van der Waals surface area (Å²) in [6.45, 7) is 4.17. The highest BCUT2D eigenvalue weighted by Crippen LogP contribution is 2.31. The van der Waals surface area contributed by atoms with Gasteiger partial charge >= 0.3 is 0 Å². The van der Waals surface area contributed by atoms with Crippen LogP contribution in [0, 0.1) is 17.0 Å². The SMILES string of the molecule is CCOc1cccc([N+](=O)[O-])c1COc1ccc(C)cc1Cl. The van der Waals surface area contributed by atoms with E-state index in [1.807, 2.05) is 19.9 Å². The Morgan fingerprint density at radius 1 is 1.18 bits per heavy atom. The fourth-order valence-corrected chi connectivity index (χ4v) is 2.32. The van der Waals surface area contributed by atoms with E-state index in [0.29, 0.717) is 28.7 Å². The molecule has 0 radical (unpaired) electrons. The van der Waals surface area contributed by atoms with Crippen molar-refractivity contribution < 1.29 is 14.4 Å². The van der Waals surface area contributed by atoms with Gasteiger partial charge in [-0.25, -0.2) is 0 Å². The molecule has 22 heavy (non-hydrogen) atoms. The molecule has 2 rings (SSSR count). The quantitative estimate of drug-likeness (QED) is 0.579. The Labute approximate surface area is 133 Å². The van der Waals surface area contributed by atoms with Crippen molar-refractivity contribution in [3.63, 3.8) is 0 Å². The van der Waals surface area contributed by atoms with Crippen LogP contribution in [0.3, 0.4) is 0 Å². The van der Waals surface area contributed by atoms with Crippen molar-refractivity contribution in [1.82, 2.24) is 0 Å².